The van der Waals surface area contributed by atoms with Gasteiger partial charge in [-0.2, -0.15) is 4.31 Å². The number of hydrazine groups is 1. The van der Waals surface area contributed by atoms with Crippen molar-refractivity contribution < 1.29 is 8.42 Å². The Labute approximate surface area is 162 Å². The Hall–Kier alpha value is -1.45. The number of thiocarbonyl (C=S) groups is 1. The number of sulfonamides is 1. The Morgan fingerprint density at radius 1 is 1.31 bits per heavy atom. The molecule has 1 aromatic heterocycles. The number of hydrogen-bond acceptors (Lipinski definition) is 5. The Morgan fingerprint density at radius 3 is 2.58 bits per heavy atom. The molecule has 146 valence electrons. The van der Waals surface area contributed by atoms with Gasteiger partial charge in [0, 0.05) is 25.8 Å². The van der Waals surface area contributed by atoms with Gasteiger partial charge in [-0.05, 0) is 49.0 Å². The molecular weight excluding hydrogens is 370 g/mol. The summed E-state index contributed by atoms with van der Waals surface area (Å²) in [5, 5.41) is 3.55. The number of pyridine rings is 1. The standard InChI is InChI=1S/C17H29N5O2S2/c1-4-5-8-18-17(25)21-20-16-7-6-15(10-19-16)26(23,24)22-11-13(2)9-14(3)12-22/h6-7,10,13-14H,4-5,8-9,11-12H2,1-3H3,(H,19,20)(H2,18,21,25)/t13-,14+. The number of nitrogens with zero attached hydrogens (tertiary/aromatic N) is 2. The molecule has 2 rings (SSSR count). The molecule has 1 aliphatic rings. The van der Waals surface area contributed by atoms with E-state index in [0.717, 1.165) is 25.8 Å². The number of piperidine rings is 1. The SMILES string of the molecule is CCCCNC(=S)NNc1ccc(S(=O)(=O)N2C[C@H](C)C[C@H](C)C2)cn1. The van der Waals surface area contributed by atoms with Crippen LogP contribution in [0.15, 0.2) is 23.2 Å². The van der Waals surface area contributed by atoms with E-state index in [1.54, 1.807) is 16.4 Å². The smallest absolute Gasteiger partial charge is 0.244 e. The zero-order chi connectivity index (χ0) is 19.2. The first kappa shape index (κ1) is 20.9. The van der Waals surface area contributed by atoms with E-state index in [1.165, 1.54) is 6.20 Å². The fourth-order valence-corrected chi connectivity index (χ4v) is 4.88. The van der Waals surface area contributed by atoms with Gasteiger partial charge in [-0.1, -0.05) is 27.2 Å². The van der Waals surface area contributed by atoms with Crippen LogP contribution < -0.4 is 16.2 Å². The molecule has 0 aromatic carbocycles. The lowest BCUT2D eigenvalue weighted by atomic mass is 9.94. The van der Waals surface area contributed by atoms with Crippen molar-refractivity contribution >= 4 is 33.2 Å². The molecule has 2 atom stereocenters. The molecule has 2 heterocycles. The average Bonchev–Trinajstić information content (AvgIpc) is 2.60. The monoisotopic (exact) mass is 399 g/mol. The first-order chi connectivity index (χ1) is 12.3. The van der Waals surface area contributed by atoms with Crippen LogP contribution in [0.2, 0.25) is 0 Å². The Morgan fingerprint density at radius 2 is 2.00 bits per heavy atom. The minimum atomic E-state index is -3.51. The van der Waals surface area contributed by atoms with Crippen molar-refractivity contribution in [3.63, 3.8) is 0 Å². The van der Waals surface area contributed by atoms with Gasteiger partial charge in [0.2, 0.25) is 10.0 Å². The summed E-state index contributed by atoms with van der Waals surface area (Å²) in [4.78, 5) is 4.40. The van der Waals surface area contributed by atoms with E-state index < -0.39 is 10.0 Å². The normalized spacial score (nSPS) is 21.2. The summed E-state index contributed by atoms with van der Waals surface area (Å²) in [5.74, 6) is 1.24. The van der Waals surface area contributed by atoms with Crippen LogP contribution in [-0.2, 0) is 10.0 Å². The highest BCUT2D eigenvalue weighted by atomic mass is 32.2. The molecule has 9 heteroatoms. The predicted octanol–water partition coefficient (Wildman–Crippen LogP) is 2.34. The summed E-state index contributed by atoms with van der Waals surface area (Å²) in [7, 11) is -3.51. The molecule has 0 amide bonds. The van der Waals surface area contributed by atoms with E-state index in [-0.39, 0.29) is 4.90 Å². The highest BCUT2D eigenvalue weighted by Gasteiger charge is 2.31. The molecule has 0 aliphatic carbocycles. The first-order valence-electron chi connectivity index (χ1n) is 9.09. The fourth-order valence-electron chi connectivity index (χ4n) is 3.10. The zero-order valence-corrected chi connectivity index (χ0v) is 17.3. The van der Waals surface area contributed by atoms with Gasteiger partial charge < -0.3 is 5.32 Å². The van der Waals surface area contributed by atoms with E-state index >= 15 is 0 Å². The maximum absolute atomic E-state index is 12.8. The maximum atomic E-state index is 12.8. The van der Waals surface area contributed by atoms with Crippen LogP contribution >= 0.6 is 12.2 Å². The summed E-state index contributed by atoms with van der Waals surface area (Å²) >= 11 is 5.14. The molecule has 3 N–H and O–H groups in total. The van der Waals surface area contributed by atoms with Crippen LogP contribution in [0.1, 0.15) is 40.0 Å². The van der Waals surface area contributed by atoms with Gasteiger partial charge >= 0.3 is 0 Å². The van der Waals surface area contributed by atoms with Crippen LogP contribution in [0.3, 0.4) is 0 Å². The third kappa shape index (κ3) is 5.78. The van der Waals surface area contributed by atoms with Crippen LogP contribution in [0.5, 0.6) is 0 Å². The van der Waals surface area contributed by atoms with Gasteiger partial charge in [0.1, 0.15) is 10.7 Å². The molecule has 7 nitrogen and oxygen atoms in total. The van der Waals surface area contributed by atoms with Crippen molar-refractivity contribution in [3.05, 3.63) is 18.3 Å². The van der Waals surface area contributed by atoms with Crippen molar-refractivity contribution in [2.45, 2.75) is 44.9 Å². The molecule has 1 saturated heterocycles. The Bertz CT molecular complexity index is 684. The summed E-state index contributed by atoms with van der Waals surface area (Å²) in [6, 6.07) is 3.20. The van der Waals surface area contributed by atoms with E-state index in [9.17, 15) is 8.42 Å². The van der Waals surface area contributed by atoms with Crippen LogP contribution in [0, 0.1) is 11.8 Å². The second-order valence-electron chi connectivity index (χ2n) is 7.01. The molecular formula is C17H29N5O2S2. The van der Waals surface area contributed by atoms with Gasteiger partial charge in [-0.15, -0.1) is 0 Å². The second kappa shape index (κ2) is 9.48. The predicted molar refractivity (Wildman–Crippen MR) is 108 cm³/mol. The fraction of sp³-hybridized carbons (Fsp3) is 0.647. The molecule has 1 fully saturated rings. The van der Waals surface area contributed by atoms with Crippen molar-refractivity contribution in [1.82, 2.24) is 20.0 Å². The topological polar surface area (TPSA) is 86.4 Å². The largest absolute Gasteiger partial charge is 0.361 e. The van der Waals surface area contributed by atoms with Gasteiger partial charge in [0.05, 0.1) is 0 Å². The first-order valence-corrected chi connectivity index (χ1v) is 10.9. The van der Waals surface area contributed by atoms with Gasteiger partial charge in [0.25, 0.3) is 0 Å². The average molecular weight is 400 g/mol. The van der Waals surface area contributed by atoms with Crippen molar-refractivity contribution in [2.75, 3.05) is 25.1 Å². The quantitative estimate of drug-likeness (QED) is 0.368. The third-order valence-corrected chi connectivity index (χ3v) is 6.39. The number of rotatable bonds is 7. The lowest BCUT2D eigenvalue weighted by Crippen LogP contribution is -2.42. The van der Waals surface area contributed by atoms with E-state index in [4.69, 9.17) is 12.2 Å². The summed E-state index contributed by atoms with van der Waals surface area (Å²) in [6.07, 6.45) is 4.58. The van der Waals surface area contributed by atoms with E-state index in [1.807, 2.05) is 0 Å². The second-order valence-corrected chi connectivity index (χ2v) is 9.35. The lowest BCUT2D eigenvalue weighted by Gasteiger charge is -2.33. The third-order valence-electron chi connectivity index (χ3n) is 4.33. The highest BCUT2D eigenvalue weighted by molar-refractivity contribution is 7.89. The van der Waals surface area contributed by atoms with Crippen molar-refractivity contribution in [3.8, 4) is 0 Å². The lowest BCUT2D eigenvalue weighted by molar-refractivity contribution is 0.222. The Kier molecular flexibility index (Phi) is 7.60. The van der Waals surface area contributed by atoms with Crippen LogP contribution in [0.4, 0.5) is 5.82 Å². The molecule has 0 spiro atoms. The van der Waals surface area contributed by atoms with Crippen LogP contribution in [0.25, 0.3) is 0 Å². The number of anilines is 1. The summed E-state index contributed by atoms with van der Waals surface area (Å²) in [6.45, 7) is 8.22. The number of nitrogens with one attached hydrogen (secondary N) is 3. The molecule has 0 radical (unpaired) electrons. The zero-order valence-electron chi connectivity index (χ0n) is 15.7. The molecule has 0 bridgehead atoms. The van der Waals surface area contributed by atoms with Gasteiger partial charge in [-0.25, -0.2) is 13.4 Å². The van der Waals surface area contributed by atoms with E-state index in [2.05, 4.69) is 41.9 Å². The van der Waals surface area contributed by atoms with Crippen molar-refractivity contribution in [1.29, 1.82) is 0 Å². The Balaban J connectivity index is 1.94. The number of unbranched alkanes of at least 4 members (excludes halogenated alkanes) is 1. The maximum Gasteiger partial charge on any atom is 0.244 e. The van der Waals surface area contributed by atoms with Crippen molar-refractivity contribution in [2.24, 2.45) is 11.8 Å². The number of hydrogen-bond donors (Lipinski definition) is 3. The minimum absolute atomic E-state index is 0.216. The minimum Gasteiger partial charge on any atom is -0.361 e. The van der Waals surface area contributed by atoms with Gasteiger partial charge in [-0.3, -0.25) is 10.9 Å². The van der Waals surface area contributed by atoms with Gasteiger partial charge in [0.15, 0.2) is 5.11 Å². The molecule has 26 heavy (non-hydrogen) atoms. The number of aromatic nitrogens is 1. The molecule has 0 unspecified atom stereocenters. The molecule has 0 saturated carbocycles. The van der Waals surface area contributed by atoms with Crippen LogP contribution in [-0.4, -0.2) is 42.5 Å². The van der Waals surface area contributed by atoms with E-state index in [0.29, 0.717) is 35.9 Å². The summed E-state index contributed by atoms with van der Waals surface area (Å²) < 4.78 is 27.2. The highest BCUT2D eigenvalue weighted by Crippen LogP contribution is 2.26. The summed E-state index contributed by atoms with van der Waals surface area (Å²) in [5.41, 5.74) is 5.71. The molecule has 1 aromatic rings. The molecule has 1 aliphatic heterocycles.